The lowest BCUT2D eigenvalue weighted by Gasteiger charge is -2.37. The van der Waals surface area contributed by atoms with Gasteiger partial charge in [0.2, 0.25) is 0 Å². The first-order chi connectivity index (χ1) is 10.1. The first-order valence-electron chi connectivity index (χ1n) is 8.73. The van der Waals surface area contributed by atoms with Crippen LogP contribution in [-0.2, 0) is 9.53 Å². The van der Waals surface area contributed by atoms with Crippen molar-refractivity contribution in [3.05, 3.63) is 0 Å². The Balaban J connectivity index is 1.90. The first-order valence-corrected chi connectivity index (χ1v) is 8.73. The van der Waals surface area contributed by atoms with Crippen molar-refractivity contribution in [2.45, 2.75) is 76.3 Å². The minimum atomic E-state index is -0.731. The van der Waals surface area contributed by atoms with Gasteiger partial charge in [0.15, 0.2) is 0 Å². The predicted octanol–water partition coefficient (Wildman–Crippen LogP) is 2.70. The van der Waals surface area contributed by atoms with Gasteiger partial charge in [-0.15, -0.1) is 0 Å². The Labute approximate surface area is 129 Å². The highest BCUT2D eigenvalue weighted by Crippen LogP contribution is 2.37. The summed E-state index contributed by atoms with van der Waals surface area (Å²) in [7, 11) is 1.45. The monoisotopic (exact) mass is 296 g/mol. The average molecular weight is 296 g/mol. The Bertz CT molecular complexity index is 346. The van der Waals surface area contributed by atoms with Gasteiger partial charge in [0.25, 0.3) is 0 Å². The Morgan fingerprint density at radius 2 is 2.10 bits per heavy atom. The fourth-order valence-corrected chi connectivity index (χ4v) is 4.30. The number of methoxy groups -OCH3 is 1. The highest BCUT2D eigenvalue weighted by Gasteiger charge is 2.46. The van der Waals surface area contributed by atoms with Crippen molar-refractivity contribution in [2.75, 3.05) is 20.2 Å². The van der Waals surface area contributed by atoms with Crippen LogP contribution in [0.2, 0.25) is 0 Å². The van der Waals surface area contributed by atoms with E-state index in [1.807, 2.05) is 0 Å². The molecule has 0 aromatic carbocycles. The van der Waals surface area contributed by atoms with Gasteiger partial charge in [0, 0.05) is 6.04 Å². The Morgan fingerprint density at radius 3 is 2.81 bits per heavy atom. The molecule has 1 aliphatic heterocycles. The van der Waals surface area contributed by atoms with Crippen LogP contribution in [0.15, 0.2) is 0 Å². The molecule has 4 heteroatoms. The van der Waals surface area contributed by atoms with Crippen molar-refractivity contribution in [2.24, 2.45) is 11.7 Å². The molecular weight excluding hydrogens is 264 g/mol. The number of hydrogen-bond acceptors (Lipinski definition) is 4. The number of rotatable bonds is 6. The van der Waals surface area contributed by atoms with Crippen molar-refractivity contribution >= 4 is 5.97 Å². The van der Waals surface area contributed by atoms with Gasteiger partial charge in [0.1, 0.15) is 5.54 Å². The Hall–Kier alpha value is -0.610. The second-order valence-corrected chi connectivity index (χ2v) is 6.88. The standard InChI is InChI=1S/C17H32N2O2/c1-3-7-15-9-4-5-12-19(15)13-10-14-8-6-11-17(14,18)16(20)21-2/h14-15H,3-13,18H2,1-2H3. The van der Waals surface area contributed by atoms with E-state index < -0.39 is 5.54 Å². The van der Waals surface area contributed by atoms with Gasteiger partial charge in [-0.2, -0.15) is 0 Å². The van der Waals surface area contributed by atoms with E-state index in [0.717, 1.165) is 38.3 Å². The number of likely N-dealkylation sites (tertiary alicyclic amines) is 1. The van der Waals surface area contributed by atoms with Crippen molar-refractivity contribution in [3.8, 4) is 0 Å². The third-order valence-electron chi connectivity index (χ3n) is 5.57. The molecule has 1 heterocycles. The van der Waals surface area contributed by atoms with Crippen LogP contribution in [0.4, 0.5) is 0 Å². The molecule has 0 spiro atoms. The van der Waals surface area contributed by atoms with Crippen LogP contribution in [-0.4, -0.2) is 42.6 Å². The third kappa shape index (κ3) is 3.78. The average Bonchev–Trinajstić information content (AvgIpc) is 2.88. The summed E-state index contributed by atoms with van der Waals surface area (Å²) in [4.78, 5) is 14.6. The smallest absolute Gasteiger partial charge is 0.326 e. The van der Waals surface area contributed by atoms with Crippen LogP contribution in [0.25, 0.3) is 0 Å². The molecule has 0 amide bonds. The maximum absolute atomic E-state index is 12.0. The molecule has 0 aromatic heterocycles. The zero-order chi connectivity index (χ0) is 15.3. The maximum atomic E-state index is 12.0. The van der Waals surface area contributed by atoms with Crippen LogP contribution in [0.3, 0.4) is 0 Å². The van der Waals surface area contributed by atoms with Gasteiger partial charge in [0.05, 0.1) is 7.11 Å². The minimum Gasteiger partial charge on any atom is -0.468 e. The summed E-state index contributed by atoms with van der Waals surface area (Å²) in [6, 6.07) is 0.746. The molecule has 2 rings (SSSR count). The van der Waals surface area contributed by atoms with Crippen molar-refractivity contribution in [1.82, 2.24) is 4.90 Å². The third-order valence-corrected chi connectivity index (χ3v) is 5.57. The van der Waals surface area contributed by atoms with Gasteiger partial charge in [-0.3, -0.25) is 4.79 Å². The Morgan fingerprint density at radius 1 is 1.29 bits per heavy atom. The Kier molecular flexibility index (Phi) is 6.06. The molecule has 21 heavy (non-hydrogen) atoms. The van der Waals surface area contributed by atoms with Gasteiger partial charge in [-0.1, -0.05) is 26.2 Å². The molecule has 0 bridgehead atoms. The molecule has 3 atom stereocenters. The molecule has 2 aliphatic rings. The number of carbonyl (C=O) groups excluding carboxylic acids is 1. The molecule has 1 aliphatic carbocycles. The predicted molar refractivity (Wildman–Crippen MR) is 85.0 cm³/mol. The molecule has 3 unspecified atom stereocenters. The van der Waals surface area contributed by atoms with Crippen molar-refractivity contribution in [1.29, 1.82) is 0 Å². The fourth-order valence-electron chi connectivity index (χ4n) is 4.30. The molecule has 1 saturated heterocycles. The normalized spacial score (nSPS) is 34.0. The van der Waals surface area contributed by atoms with Gasteiger partial charge >= 0.3 is 5.97 Å². The van der Waals surface area contributed by atoms with Crippen LogP contribution in [0.5, 0.6) is 0 Å². The largest absolute Gasteiger partial charge is 0.468 e. The number of nitrogens with zero attached hydrogens (tertiary/aromatic N) is 1. The summed E-state index contributed by atoms with van der Waals surface area (Å²) in [6.45, 7) is 4.57. The zero-order valence-corrected chi connectivity index (χ0v) is 13.8. The van der Waals surface area contributed by atoms with Crippen LogP contribution in [0.1, 0.15) is 64.7 Å². The fraction of sp³-hybridized carbons (Fsp3) is 0.941. The maximum Gasteiger partial charge on any atom is 0.326 e. The quantitative estimate of drug-likeness (QED) is 0.766. The van der Waals surface area contributed by atoms with Crippen molar-refractivity contribution in [3.63, 3.8) is 0 Å². The molecule has 2 fully saturated rings. The van der Waals surface area contributed by atoms with E-state index in [4.69, 9.17) is 10.5 Å². The number of carbonyl (C=O) groups is 1. The summed E-state index contributed by atoms with van der Waals surface area (Å²) < 4.78 is 4.94. The lowest BCUT2D eigenvalue weighted by Crippen LogP contribution is -2.52. The van der Waals surface area contributed by atoms with E-state index in [1.54, 1.807) is 0 Å². The molecule has 122 valence electrons. The highest BCUT2D eigenvalue weighted by atomic mass is 16.5. The summed E-state index contributed by atoms with van der Waals surface area (Å²) in [5, 5.41) is 0. The molecular formula is C17H32N2O2. The van der Waals surface area contributed by atoms with Crippen LogP contribution < -0.4 is 5.73 Å². The number of hydrogen-bond donors (Lipinski definition) is 1. The van der Waals surface area contributed by atoms with E-state index in [9.17, 15) is 4.79 Å². The lowest BCUT2D eigenvalue weighted by atomic mass is 9.85. The van der Waals surface area contributed by atoms with E-state index in [-0.39, 0.29) is 11.9 Å². The second-order valence-electron chi connectivity index (χ2n) is 6.88. The number of nitrogens with two attached hydrogens (primary N) is 1. The summed E-state index contributed by atoms with van der Waals surface area (Å²) in [6.07, 6.45) is 10.5. The van der Waals surface area contributed by atoms with Crippen LogP contribution in [0, 0.1) is 5.92 Å². The topological polar surface area (TPSA) is 55.6 Å². The molecule has 2 N–H and O–H groups in total. The van der Waals surface area contributed by atoms with Gasteiger partial charge in [-0.25, -0.2) is 0 Å². The lowest BCUT2D eigenvalue weighted by molar-refractivity contribution is -0.148. The van der Waals surface area contributed by atoms with E-state index in [2.05, 4.69) is 11.8 Å². The van der Waals surface area contributed by atoms with Gasteiger partial charge in [-0.05, 0) is 57.5 Å². The first kappa shape index (κ1) is 16.8. The van der Waals surface area contributed by atoms with Crippen molar-refractivity contribution < 1.29 is 9.53 Å². The second kappa shape index (κ2) is 7.59. The number of esters is 1. The van der Waals surface area contributed by atoms with E-state index in [0.29, 0.717) is 0 Å². The summed E-state index contributed by atoms with van der Waals surface area (Å²) >= 11 is 0. The zero-order valence-electron chi connectivity index (χ0n) is 13.8. The number of ether oxygens (including phenoxy) is 1. The highest BCUT2D eigenvalue weighted by molar-refractivity contribution is 5.81. The van der Waals surface area contributed by atoms with E-state index in [1.165, 1.54) is 45.8 Å². The van der Waals surface area contributed by atoms with Crippen LogP contribution >= 0.6 is 0 Å². The summed E-state index contributed by atoms with van der Waals surface area (Å²) in [5.41, 5.74) is 5.64. The molecule has 1 saturated carbocycles. The molecule has 0 radical (unpaired) electrons. The van der Waals surface area contributed by atoms with E-state index >= 15 is 0 Å². The summed E-state index contributed by atoms with van der Waals surface area (Å²) in [5.74, 6) is 0.0721. The van der Waals surface area contributed by atoms with Gasteiger partial charge < -0.3 is 15.4 Å². The molecule has 4 nitrogen and oxygen atoms in total. The SMILES string of the molecule is CCCC1CCCCN1CCC1CCCC1(N)C(=O)OC. The number of piperidine rings is 1. The molecule has 0 aromatic rings. The minimum absolute atomic E-state index is 0.214.